The van der Waals surface area contributed by atoms with Crippen LogP contribution >= 0.6 is 0 Å². The average Bonchev–Trinajstić information content (AvgIpc) is 2.38. The molecule has 1 rings (SSSR count). The summed E-state index contributed by atoms with van der Waals surface area (Å²) in [5.41, 5.74) is -1.92. The van der Waals surface area contributed by atoms with Crippen LogP contribution in [0.25, 0.3) is 0 Å². The summed E-state index contributed by atoms with van der Waals surface area (Å²) in [6.45, 7) is 4.27. The SMILES string of the molecule is C=C(C(=O)[O-])C(C)(CC(=O)Cc1ccccc1)C(=O)[O-]. The molecule has 0 aliphatic rings. The van der Waals surface area contributed by atoms with Crippen LogP contribution < -0.4 is 10.2 Å². The van der Waals surface area contributed by atoms with Crippen molar-refractivity contribution in [2.24, 2.45) is 5.41 Å². The molecule has 0 spiro atoms. The number of hydrogen-bond donors (Lipinski definition) is 0. The Morgan fingerprint density at radius 3 is 2.15 bits per heavy atom. The van der Waals surface area contributed by atoms with Crippen LogP contribution in [-0.2, 0) is 20.8 Å². The van der Waals surface area contributed by atoms with Crippen LogP contribution in [0.2, 0.25) is 0 Å². The molecular weight excluding hydrogens is 260 g/mol. The molecule has 0 fully saturated rings. The van der Waals surface area contributed by atoms with Gasteiger partial charge in [0, 0.05) is 18.3 Å². The van der Waals surface area contributed by atoms with Gasteiger partial charge in [-0.1, -0.05) is 36.9 Å². The van der Waals surface area contributed by atoms with Crippen molar-refractivity contribution in [2.45, 2.75) is 19.8 Å². The number of aliphatic carboxylic acids is 2. The lowest BCUT2D eigenvalue weighted by molar-refractivity contribution is -0.321. The molecule has 1 aromatic carbocycles. The van der Waals surface area contributed by atoms with Crippen molar-refractivity contribution in [1.82, 2.24) is 0 Å². The van der Waals surface area contributed by atoms with Crippen molar-refractivity contribution in [3.05, 3.63) is 48.0 Å². The van der Waals surface area contributed by atoms with E-state index in [1.165, 1.54) is 0 Å². The van der Waals surface area contributed by atoms with Crippen LogP contribution in [0, 0.1) is 5.41 Å². The van der Waals surface area contributed by atoms with Gasteiger partial charge in [-0.25, -0.2) is 0 Å². The number of carboxylic acids is 2. The van der Waals surface area contributed by atoms with E-state index in [0.29, 0.717) is 0 Å². The molecule has 0 N–H and O–H groups in total. The zero-order chi connectivity index (χ0) is 15.3. The van der Waals surface area contributed by atoms with Crippen molar-refractivity contribution < 1.29 is 24.6 Å². The van der Waals surface area contributed by atoms with Gasteiger partial charge in [-0.2, -0.15) is 0 Å². The Labute approximate surface area is 116 Å². The highest BCUT2D eigenvalue weighted by Gasteiger charge is 2.32. The van der Waals surface area contributed by atoms with Gasteiger partial charge in [0.2, 0.25) is 0 Å². The zero-order valence-corrected chi connectivity index (χ0v) is 11.0. The third-order valence-electron chi connectivity index (χ3n) is 3.16. The largest absolute Gasteiger partial charge is 0.549 e. The van der Waals surface area contributed by atoms with Crippen molar-refractivity contribution in [3.63, 3.8) is 0 Å². The Bertz CT molecular complexity index is 547. The van der Waals surface area contributed by atoms with E-state index in [9.17, 15) is 24.6 Å². The first-order valence-electron chi connectivity index (χ1n) is 5.95. The first kappa shape index (κ1) is 15.6. The van der Waals surface area contributed by atoms with Crippen LogP contribution in [0.5, 0.6) is 0 Å². The van der Waals surface area contributed by atoms with E-state index >= 15 is 0 Å². The number of rotatable bonds is 7. The van der Waals surface area contributed by atoms with Crippen LogP contribution in [-0.4, -0.2) is 17.7 Å². The summed E-state index contributed by atoms with van der Waals surface area (Å²) >= 11 is 0. The minimum atomic E-state index is -1.97. The van der Waals surface area contributed by atoms with Gasteiger partial charge >= 0.3 is 0 Å². The monoisotopic (exact) mass is 274 g/mol. The fourth-order valence-corrected chi connectivity index (χ4v) is 1.81. The third kappa shape index (κ3) is 3.54. The summed E-state index contributed by atoms with van der Waals surface area (Å²) in [5, 5.41) is 21.9. The molecule has 0 aliphatic heterocycles. The number of hydrogen-bond acceptors (Lipinski definition) is 5. The second-order valence-electron chi connectivity index (χ2n) is 4.76. The van der Waals surface area contributed by atoms with Crippen LogP contribution in [0.1, 0.15) is 18.9 Å². The van der Waals surface area contributed by atoms with Crippen molar-refractivity contribution >= 4 is 17.7 Å². The number of carboxylic acid groups (broad SMARTS) is 2. The first-order valence-corrected chi connectivity index (χ1v) is 5.95. The van der Waals surface area contributed by atoms with E-state index < -0.39 is 35.1 Å². The Kier molecular flexibility index (Phi) is 4.80. The number of carbonyl (C=O) groups is 3. The van der Waals surface area contributed by atoms with Gasteiger partial charge in [0.25, 0.3) is 0 Å². The molecule has 0 aromatic heterocycles. The molecule has 0 saturated heterocycles. The predicted molar refractivity (Wildman–Crippen MR) is 67.0 cm³/mol. The van der Waals surface area contributed by atoms with E-state index in [4.69, 9.17) is 0 Å². The lowest BCUT2D eigenvalue weighted by Crippen LogP contribution is -2.47. The van der Waals surface area contributed by atoms with Crippen molar-refractivity contribution in [2.75, 3.05) is 0 Å². The summed E-state index contributed by atoms with van der Waals surface area (Å²) in [6.07, 6.45) is -0.485. The number of benzene rings is 1. The maximum absolute atomic E-state index is 11.9. The zero-order valence-electron chi connectivity index (χ0n) is 11.0. The molecule has 106 valence electrons. The molecular formula is C15H14O5-2. The molecule has 5 heteroatoms. The van der Waals surface area contributed by atoms with Gasteiger partial charge in [-0.3, -0.25) is 4.79 Å². The lowest BCUT2D eigenvalue weighted by Gasteiger charge is -2.32. The molecule has 0 saturated carbocycles. The fraction of sp³-hybridized carbons (Fsp3) is 0.267. The normalized spacial score (nSPS) is 13.2. The molecule has 5 nitrogen and oxygen atoms in total. The first-order chi connectivity index (χ1) is 9.27. The van der Waals surface area contributed by atoms with Gasteiger partial charge in [0.05, 0.1) is 11.9 Å². The summed E-state index contributed by atoms with van der Waals surface area (Å²) in [6, 6.07) is 8.74. The van der Waals surface area contributed by atoms with Crippen LogP contribution in [0.15, 0.2) is 42.5 Å². The second kappa shape index (κ2) is 6.14. The molecule has 0 radical (unpaired) electrons. The number of Topliss-reactive ketones (excluding diaryl/α,β-unsaturated/α-hetero) is 1. The Morgan fingerprint density at radius 1 is 1.15 bits per heavy atom. The number of ketones is 1. The van der Waals surface area contributed by atoms with Gasteiger partial charge in [-0.15, -0.1) is 0 Å². The van der Waals surface area contributed by atoms with Crippen molar-refractivity contribution in [3.8, 4) is 0 Å². The van der Waals surface area contributed by atoms with Gasteiger partial charge in [-0.05, 0) is 18.1 Å². The highest BCUT2D eigenvalue weighted by atomic mass is 16.4. The summed E-state index contributed by atoms with van der Waals surface area (Å²) in [7, 11) is 0. The molecule has 20 heavy (non-hydrogen) atoms. The predicted octanol–water partition coefficient (Wildman–Crippen LogP) is -0.749. The van der Waals surface area contributed by atoms with Crippen LogP contribution in [0.4, 0.5) is 0 Å². The molecule has 0 amide bonds. The topological polar surface area (TPSA) is 97.3 Å². The minimum absolute atomic E-state index is 0.0179. The van der Waals surface area contributed by atoms with E-state index in [2.05, 4.69) is 6.58 Å². The van der Waals surface area contributed by atoms with Gasteiger partial charge in [0.15, 0.2) is 0 Å². The second-order valence-corrected chi connectivity index (χ2v) is 4.76. The highest BCUT2D eigenvalue weighted by Crippen LogP contribution is 2.30. The smallest absolute Gasteiger partial charge is 0.138 e. The number of carbonyl (C=O) groups excluding carboxylic acids is 3. The molecule has 0 aliphatic carbocycles. The summed E-state index contributed by atoms with van der Waals surface area (Å²) in [4.78, 5) is 33.8. The molecule has 0 bridgehead atoms. The lowest BCUT2D eigenvalue weighted by atomic mass is 9.77. The quantitative estimate of drug-likeness (QED) is 0.609. The molecule has 1 atom stereocenters. The maximum Gasteiger partial charge on any atom is 0.138 e. The van der Waals surface area contributed by atoms with E-state index in [1.54, 1.807) is 30.3 Å². The summed E-state index contributed by atoms with van der Waals surface area (Å²) in [5.74, 6) is -3.78. The molecule has 1 unspecified atom stereocenters. The highest BCUT2D eigenvalue weighted by molar-refractivity contribution is 5.97. The van der Waals surface area contributed by atoms with Gasteiger partial charge in [0.1, 0.15) is 5.78 Å². The van der Waals surface area contributed by atoms with E-state index in [1.807, 2.05) is 0 Å². The fourth-order valence-electron chi connectivity index (χ4n) is 1.81. The Morgan fingerprint density at radius 2 is 1.70 bits per heavy atom. The van der Waals surface area contributed by atoms with Gasteiger partial charge < -0.3 is 19.8 Å². The average molecular weight is 274 g/mol. The van der Waals surface area contributed by atoms with Crippen molar-refractivity contribution in [1.29, 1.82) is 0 Å². The van der Waals surface area contributed by atoms with Crippen LogP contribution in [0.3, 0.4) is 0 Å². The van der Waals surface area contributed by atoms with E-state index in [0.717, 1.165) is 12.5 Å². The molecule has 0 heterocycles. The Balaban J connectivity index is 2.86. The minimum Gasteiger partial charge on any atom is -0.549 e. The molecule has 1 aromatic rings. The summed E-state index contributed by atoms with van der Waals surface area (Å²) < 4.78 is 0. The standard InChI is InChI=1S/C15H16O5/c1-10(13(17)18)15(2,14(19)20)9-12(16)8-11-6-4-3-5-7-11/h3-7H,1,8-9H2,2H3,(H,17,18)(H,19,20)/p-2. The Hall–Kier alpha value is -2.43. The van der Waals surface area contributed by atoms with E-state index in [-0.39, 0.29) is 6.42 Å². The maximum atomic E-state index is 11.9. The third-order valence-corrected chi connectivity index (χ3v) is 3.16.